The molecule has 0 aromatic heterocycles. The van der Waals surface area contributed by atoms with Crippen LogP contribution in [0.25, 0.3) is 0 Å². The van der Waals surface area contributed by atoms with E-state index in [1.54, 1.807) is 0 Å². The fourth-order valence-electron chi connectivity index (χ4n) is 13.1. The van der Waals surface area contributed by atoms with Crippen LogP contribution in [0.4, 0.5) is 0 Å². The van der Waals surface area contributed by atoms with Crippen molar-refractivity contribution in [1.29, 1.82) is 0 Å². The summed E-state index contributed by atoms with van der Waals surface area (Å²) in [5, 5.41) is 10.7. The molecule has 0 aromatic carbocycles. The van der Waals surface area contributed by atoms with Gasteiger partial charge in [-0.05, 0) is 49.4 Å². The zero-order chi connectivity index (χ0) is 76.7. The van der Waals surface area contributed by atoms with Gasteiger partial charge < -0.3 is 33.8 Å². The highest BCUT2D eigenvalue weighted by atomic mass is 31.2. The van der Waals surface area contributed by atoms with Crippen molar-refractivity contribution in [2.75, 3.05) is 39.6 Å². The predicted molar refractivity (Wildman–Crippen MR) is 428 cm³/mol. The number of ether oxygens (including phenoxy) is 4. The average Bonchev–Trinajstić information content (AvgIpc) is 0.903. The monoisotopic (exact) mass is 1520 g/mol. The molecule has 0 bridgehead atoms. The lowest BCUT2D eigenvalue weighted by Crippen LogP contribution is -2.30. The Labute approximate surface area is 638 Å². The summed E-state index contributed by atoms with van der Waals surface area (Å²) in [5.74, 6) is 1.01. The van der Waals surface area contributed by atoms with Gasteiger partial charge in [0.15, 0.2) is 12.2 Å². The Hall–Kier alpha value is -1.94. The van der Waals surface area contributed by atoms with E-state index in [4.69, 9.17) is 37.0 Å². The number of aliphatic hydroxyl groups is 1. The van der Waals surface area contributed by atoms with Crippen LogP contribution in [0.3, 0.4) is 0 Å². The third kappa shape index (κ3) is 76.8. The standard InChI is InChI=1S/C85H166O17P2/c1-9-78(8)64-56-48-40-34-35-43-52-60-68-85(90)102-80(71-95-82(87)65-57-49-41-32-28-24-20-16-12-10-14-18-22-26-30-37-45-53-61-75(2)3)73-99-103(91,92)97-69-79(86)70-98-104(93,94)100-74-81(72-96-83(88)66-58-50-44-36-39-47-55-63-77(6)7)101-84(89)67-59-51-42-33-29-25-21-17-13-11-15-19-23-27-31-38-46-54-62-76(4)5/h75-81,86H,9-74H2,1-8H3,(H,91,92)(H,93,94)/t78?,79?,80-,81-/m1/s1. The SMILES string of the molecule is CCC(C)CCCCCCCCCCC(=O)O[C@H](COC(=O)CCCCCCCCCCCCCCCCCCCCC(C)C)COP(=O)(O)OCC(O)COP(=O)(O)OC[C@@H](COC(=O)CCCCCCCCCC(C)C)OC(=O)CCCCCCCCCCCCCCCCCCCCC(C)C. The molecule has 0 radical (unpaired) electrons. The lowest BCUT2D eigenvalue weighted by Gasteiger charge is -2.21. The van der Waals surface area contributed by atoms with Crippen molar-refractivity contribution in [3.05, 3.63) is 0 Å². The van der Waals surface area contributed by atoms with E-state index in [-0.39, 0.29) is 25.7 Å². The maximum Gasteiger partial charge on any atom is 0.472 e. The minimum absolute atomic E-state index is 0.105. The van der Waals surface area contributed by atoms with Crippen LogP contribution in [0, 0.1) is 23.7 Å². The first-order chi connectivity index (χ1) is 50.1. The molecule has 0 saturated heterocycles. The lowest BCUT2D eigenvalue weighted by atomic mass is 9.99. The molecule has 4 unspecified atom stereocenters. The summed E-state index contributed by atoms with van der Waals surface area (Å²) in [7, 11) is -9.93. The van der Waals surface area contributed by atoms with Crippen molar-refractivity contribution in [3.63, 3.8) is 0 Å². The Morgan fingerprint density at radius 2 is 0.462 bits per heavy atom. The van der Waals surface area contributed by atoms with Crippen LogP contribution in [-0.4, -0.2) is 96.7 Å². The number of esters is 4. The molecule has 17 nitrogen and oxygen atoms in total. The minimum Gasteiger partial charge on any atom is -0.462 e. The Bertz CT molecular complexity index is 2030. The summed E-state index contributed by atoms with van der Waals surface area (Å²) in [6.07, 6.45) is 62.7. The lowest BCUT2D eigenvalue weighted by molar-refractivity contribution is -0.161. The third-order valence-electron chi connectivity index (χ3n) is 20.2. The van der Waals surface area contributed by atoms with Gasteiger partial charge in [-0.15, -0.1) is 0 Å². The molecule has 6 atom stereocenters. The molecule has 19 heteroatoms. The Balaban J connectivity index is 5.15. The van der Waals surface area contributed by atoms with E-state index in [0.717, 1.165) is 114 Å². The van der Waals surface area contributed by atoms with Crippen LogP contribution in [-0.2, 0) is 65.4 Å². The molecule has 104 heavy (non-hydrogen) atoms. The van der Waals surface area contributed by atoms with E-state index in [0.29, 0.717) is 31.6 Å². The Kier molecular flexibility index (Phi) is 72.5. The summed E-state index contributed by atoms with van der Waals surface area (Å²) in [6.45, 7) is 14.3. The highest BCUT2D eigenvalue weighted by Gasteiger charge is 2.30. The van der Waals surface area contributed by atoms with E-state index in [2.05, 4.69) is 55.4 Å². The second-order valence-electron chi connectivity index (χ2n) is 32.2. The van der Waals surface area contributed by atoms with Gasteiger partial charge in [-0.25, -0.2) is 9.13 Å². The van der Waals surface area contributed by atoms with E-state index in [1.807, 2.05) is 0 Å². The summed E-state index contributed by atoms with van der Waals surface area (Å²) >= 11 is 0. The van der Waals surface area contributed by atoms with Crippen LogP contribution in [0.5, 0.6) is 0 Å². The van der Waals surface area contributed by atoms with Crippen molar-refractivity contribution in [2.24, 2.45) is 23.7 Å². The van der Waals surface area contributed by atoms with E-state index in [1.165, 1.54) is 238 Å². The molecule has 0 heterocycles. The quantitative estimate of drug-likeness (QED) is 0.0222. The number of phosphoric acid groups is 2. The third-order valence-corrected chi connectivity index (χ3v) is 22.1. The van der Waals surface area contributed by atoms with Crippen molar-refractivity contribution in [1.82, 2.24) is 0 Å². The van der Waals surface area contributed by atoms with Gasteiger partial charge in [-0.1, -0.05) is 389 Å². The molecule has 3 N–H and O–H groups in total. The number of rotatable bonds is 82. The van der Waals surface area contributed by atoms with Crippen LogP contribution in [0.15, 0.2) is 0 Å². The number of carbonyl (C=O) groups excluding carboxylic acids is 4. The van der Waals surface area contributed by atoms with Gasteiger partial charge >= 0.3 is 39.5 Å². The molecule has 0 amide bonds. The van der Waals surface area contributed by atoms with Gasteiger partial charge in [0.05, 0.1) is 26.4 Å². The maximum atomic E-state index is 13.1. The minimum atomic E-state index is -4.96. The van der Waals surface area contributed by atoms with Gasteiger partial charge in [-0.2, -0.15) is 0 Å². The van der Waals surface area contributed by atoms with Crippen molar-refractivity contribution in [2.45, 2.75) is 459 Å². The van der Waals surface area contributed by atoms with Crippen LogP contribution < -0.4 is 0 Å². The first-order valence-corrected chi connectivity index (χ1v) is 46.7. The van der Waals surface area contributed by atoms with Crippen molar-refractivity contribution < 1.29 is 80.2 Å². The second kappa shape index (κ2) is 73.8. The second-order valence-corrected chi connectivity index (χ2v) is 35.2. The first-order valence-electron chi connectivity index (χ1n) is 43.7. The Morgan fingerprint density at radius 1 is 0.269 bits per heavy atom. The Morgan fingerprint density at radius 3 is 0.683 bits per heavy atom. The van der Waals surface area contributed by atoms with Gasteiger partial charge in [0.1, 0.15) is 19.3 Å². The molecular weight excluding hydrogens is 1350 g/mol. The smallest absolute Gasteiger partial charge is 0.462 e. The zero-order valence-electron chi connectivity index (χ0n) is 68.7. The number of hydrogen-bond donors (Lipinski definition) is 3. The number of phosphoric ester groups is 2. The van der Waals surface area contributed by atoms with Crippen molar-refractivity contribution >= 4 is 39.5 Å². The molecule has 0 aliphatic rings. The average molecular weight is 1520 g/mol. The van der Waals surface area contributed by atoms with E-state index < -0.39 is 97.5 Å². The highest BCUT2D eigenvalue weighted by Crippen LogP contribution is 2.45. The molecular formula is C85H166O17P2. The largest absolute Gasteiger partial charge is 0.472 e. The molecule has 0 aliphatic carbocycles. The number of hydrogen-bond acceptors (Lipinski definition) is 15. The zero-order valence-corrected chi connectivity index (χ0v) is 70.5. The number of aliphatic hydroxyl groups excluding tert-OH is 1. The molecule has 618 valence electrons. The molecule has 0 spiro atoms. The summed E-state index contributed by atoms with van der Waals surface area (Å²) in [4.78, 5) is 73.1. The van der Waals surface area contributed by atoms with Crippen LogP contribution >= 0.6 is 15.6 Å². The van der Waals surface area contributed by atoms with Gasteiger partial charge in [0.25, 0.3) is 0 Å². The van der Waals surface area contributed by atoms with Gasteiger partial charge in [-0.3, -0.25) is 37.3 Å². The van der Waals surface area contributed by atoms with E-state index in [9.17, 15) is 43.2 Å². The molecule has 0 fully saturated rings. The predicted octanol–water partition coefficient (Wildman–Crippen LogP) is 25.6. The van der Waals surface area contributed by atoms with Crippen molar-refractivity contribution in [3.8, 4) is 0 Å². The number of carbonyl (C=O) groups is 4. The number of unbranched alkanes of at least 4 members (excludes halogenated alkanes) is 47. The first kappa shape index (κ1) is 102. The fraction of sp³-hybridized carbons (Fsp3) is 0.953. The molecule has 0 rings (SSSR count). The normalized spacial score (nSPS) is 14.2. The highest BCUT2D eigenvalue weighted by molar-refractivity contribution is 7.47. The van der Waals surface area contributed by atoms with Crippen LogP contribution in [0.1, 0.15) is 441 Å². The topological polar surface area (TPSA) is 237 Å². The summed E-state index contributed by atoms with van der Waals surface area (Å²) < 4.78 is 68.8. The summed E-state index contributed by atoms with van der Waals surface area (Å²) in [6, 6.07) is 0. The summed E-state index contributed by atoms with van der Waals surface area (Å²) in [5.41, 5.74) is 0. The molecule has 0 aromatic rings. The van der Waals surface area contributed by atoms with Gasteiger partial charge in [0.2, 0.25) is 0 Å². The maximum absolute atomic E-state index is 13.1. The van der Waals surface area contributed by atoms with Gasteiger partial charge in [0, 0.05) is 25.7 Å². The molecule has 0 aliphatic heterocycles. The fourth-order valence-corrected chi connectivity index (χ4v) is 14.7. The molecule has 0 saturated carbocycles. The van der Waals surface area contributed by atoms with Crippen LogP contribution in [0.2, 0.25) is 0 Å². The van der Waals surface area contributed by atoms with E-state index >= 15 is 0 Å².